The standard InChI is InChI=1S/C27H35N3O5/c1-5-27(6-2,25(33)29-23(24(31)32)15-30(3)4)17-28-26(34)35-16-22-20-13-9-7-11-18(20)19-12-8-10-14-21(19)22/h7-14,22-23H,5-6,15-17H2,1-4H3,(H,28,34)(H,29,33)(H,31,32)/t23-/m0/s1. The predicted octanol–water partition coefficient (Wildman–Crippen LogP) is 3.46. The molecule has 0 unspecified atom stereocenters. The van der Waals surface area contributed by atoms with E-state index in [0.29, 0.717) is 12.8 Å². The molecule has 188 valence electrons. The third kappa shape index (κ3) is 5.82. The lowest BCUT2D eigenvalue weighted by Crippen LogP contribution is -2.54. The SMILES string of the molecule is CCC(CC)(CNC(=O)OCC1c2ccccc2-c2ccccc21)C(=O)N[C@@H](CN(C)C)C(=O)O. The second kappa shape index (κ2) is 11.4. The molecule has 2 amide bonds. The average Bonchev–Trinajstić information content (AvgIpc) is 3.16. The van der Waals surface area contributed by atoms with Gasteiger partial charge in [-0.1, -0.05) is 62.4 Å². The maximum Gasteiger partial charge on any atom is 0.407 e. The number of likely N-dealkylation sites (N-methyl/N-ethyl adjacent to an activating group) is 1. The Morgan fingerprint density at radius 1 is 1.00 bits per heavy atom. The Labute approximate surface area is 206 Å². The summed E-state index contributed by atoms with van der Waals surface area (Å²) in [5.74, 6) is -1.55. The number of carbonyl (C=O) groups excluding carboxylic acids is 2. The fraction of sp³-hybridized carbons (Fsp3) is 0.444. The van der Waals surface area contributed by atoms with Crippen molar-refractivity contribution in [1.29, 1.82) is 0 Å². The van der Waals surface area contributed by atoms with Crippen LogP contribution in [0.1, 0.15) is 43.7 Å². The number of alkyl carbamates (subject to hydrolysis) is 1. The van der Waals surface area contributed by atoms with Gasteiger partial charge in [-0.2, -0.15) is 0 Å². The van der Waals surface area contributed by atoms with E-state index in [1.54, 1.807) is 19.0 Å². The van der Waals surface area contributed by atoms with Gasteiger partial charge in [0, 0.05) is 19.0 Å². The predicted molar refractivity (Wildman–Crippen MR) is 134 cm³/mol. The molecule has 1 aliphatic carbocycles. The molecular weight excluding hydrogens is 446 g/mol. The summed E-state index contributed by atoms with van der Waals surface area (Å²) in [5, 5.41) is 14.9. The van der Waals surface area contributed by atoms with Crippen LogP contribution in [-0.4, -0.2) is 67.8 Å². The highest BCUT2D eigenvalue weighted by molar-refractivity contribution is 5.88. The smallest absolute Gasteiger partial charge is 0.407 e. The van der Waals surface area contributed by atoms with Gasteiger partial charge >= 0.3 is 12.1 Å². The monoisotopic (exact) mass is 481 g/mol. The van der Waals surface area contributed by atoms with Crippen molar-refractivity contribution in [1.82, 2.24) is 15.5 Å². The van der Waals surface area contributed by atoms with Gasteiger partial charge < -0.3 is 25.4 Å². The first kappa shape index (κ1) is 26.2. The van der Waals surface area contributed by atoms with Crippen LogP contribution in [-0.2, 0) is 14.3 Å². The van der Waals surface area contributed by atoms with Crippen molar-refractivity contribution >= 4 is 18.0 Å². The van der Waals surface area contributed by atoms with Crippen molar-refractivity contribution in [3.63, 3.8) is 0 Å². The third-order valence-electron chi connectivity index (χ3n) is 6.90. The zero-order chi connectivity index (χ0) is 25.6. The van der Waals surface area contributed by atoms with Crippen molar-refractivity contribution in [3.8, 4) is 11.1 Å². The van der Waals surface area contributed by atoms with Gasteiger partial charge in [0.05, 0.1) is 5.41 Å². The number of rotatable bonds is 11. The molecule has 2 aromatic rings. The molecule has 0 aromatic heterocycles. The molecule has 0 spiro atoms. The van der Waals surface area contributed by atoms with Gasteiger partial charge in [0.15, 0.2) is 0 Å². The van der Waals surface area contributed by atoms with E-state index < -0.39 is 29.4 Å². The minimum atomic E-state index is -1.10. The van der Waals surface area contributed by atoms with Crippen molar-refractivity contribution in [2.75, 3.05) is 33.8 Å². The summed E-state index contributed by atoms with van der Waals surface area (Å²) in [6.07, 6.45) is 0.273. The summed E-state index contributed by atoms with van der Waals surface area (Å²) in [4.78, 5) is 39.0. The minimum absolute atomic E-state index is 0.0524. The maximum atomic E-state index is 13.1. The number of amides is 2. The average molecular weight is 482 g/mol. The number of nitrogens with zero attached hydrogens (tertiary/aromatic N) is 1. The van der Waals surface area contributed by atoms with Crippen LogP contribution < -0.4 is 10.6 Å². The lowest BCUT2D eigenvalue weighted by atomic mass is 9.81. The Balaban J connectivity index is 1.63. The van der Waals surface area contributed by atoms with Gasteiger partial charge in [0.1, 0.15) is 12.6 Å². The van der Waals surface area contributed by atoms with Crippen LogP contribution in [0, 0.1) is 5.41 Å². The lowest BCUT2D eigenvalue weighted by Gasteiger charge is -2.32. The highest BCUT2D eigenvalue weighted by Gasteiger charge is 2.38. The van der Waals surface area contributed by atoms with Gasteiger partial charge in [-0.25, -0.2) is 9.59 Å². The molecule has 3 N–H and O–H groups in total. The van der Waals surface area contributed by atoms with Crippen LogP contribution in [0.2, 0.25) is 0 Å². The topological polar surface area (TPSA) is 108 Å². The molecule has 0 bridgehead atoms. The molecule has 0 fully saturated rings. The summed E-state index contributed by atoms with van der Waals surface area (Å²) >= 11 is 0. The van der Waals surface area contributed by atoms with E-state index >= 15 is 0 Å². The number of carboxylic acid groups (broad SMARTS) is 1. The van der Waals surface area contributed by atoms with Crippen molar-refractivity contribution < 1.29 is 24.2 Å². The minimum Gasteiger partial charge on any atom is -0.480 e. The van der Waals surface area contributed by atoms with Gasteiger partial charge in [-0.3, -0.25) is 4.79 Å². The number of ether oxygens (including phenoxy) is 1. The van der Waals surface area contributed by atoms with E-state index in [1.165, 1.54) is 0 Å². The largest absolute Gasteiger partial charge is 0.480 e. The molecule has 0 saturated carbocycles. The summed E-state index contributed by atoms with van der Waals surface area (Å²) in [6.45, 7) is 4.11. The van der Waals surface area contributed by atoms with Gasteiger partial charge in [0.25, 0.3) is 0 Å². The molecule has 3 rings (SSSR count). The Morgan fingerprint density at radius 3 is 2.03 bits per heavy atom. The number of hydrogen-bond donors (Lipinski definition) is 3. The van der Waals surface area contributed by atoms with Gasteiger partial charge in [-0.05, 0) is 49.2 Å². The number of hydrogen-bond acceptors (Lipinski definition) is 5. The lowest BCUT2D eigenvalue weighted by molar-refractivity contribution is -0.144. The van der Waals surface area contributed by atoms with Crippen molar-refractivity contribution in [3.05, 3.63) is 59.7 Å². The highest BCUT2D eigenvalue weighted by Crippen LogP contribution is 2.44. The molecule has 8 nitrogen and oxygen atoms in total. The second-order valence-corrected chi connectivity index (χ2v) is 9.29. The van der Waals surface area contributed by atoms with Crippen LogP contribution in [0.15, 0.2) is 48.5 Å². The molecule has 1 atom stereocenters. The molecule has 0 radical (unpaired) electrons. The first-order chi connectivity index (χ1) is 16.7. The third-order valence-corrected chi connectivity index (χ3v) is 6.90. The van der Waals surface area contributed by atoms with Gasteiger partial charge in [0.2, 0.25) is 5.91 Å². The van der Waals surface area contributed by atoms with Crippen LogP contribution in [0.5, 0.6) is 0 Å². The first-order valence-electron chi connectivity index (χ1n) is 12.0. The highest BCUT2D eigenvalue weighted by atomic mass is 16.5. The quantitative estimate of drug-likeness (QED) is 0.454. The maximum absolute atomic E-state index is 13.1. The number of nitrogens with one attached hydrogen (secondary N) is 2. The number of carboxylic acids is 1. The molecule has 0 saturated heterocycles. The van der Waals surface area contributed by atoms with Crippen molar-refractivity contribution in [2.24, 2.45) is 5.41 Å². The van der Waals surface area contributed by atoms with Crippen LogP contribution in [0.3, 0.4) is 0 Å². The fourth-order valence-corrected chi connectivity index (χ4v) is 4.65. The summed E-state index contributed by atoms with van der Waals surface area (Å²) in [5.41, 5.74) is 3.60. The Hall–Kier alpha value is -3.39. The van der Waals surface area contributed by atoms with E-state index in [4.69, 9.17) is 4.74 Å². The Bertz CT molecular complexity index is 1020. The second-order valence-electron chi connectivity index (χ2n) is 9.29. The Morgan fingerprint density at radius 2 is 1.54 bits per heavy atom. The van der Waals surface area contributed by atoms with Crippen molar-refractivity contribution in [2.45, 2.75) is 38.6 Å². The fourth-order valence-electron chi connectivity index (χ4n) is 4.65. The normalized spacial score (nSPS) is 13.6. The summed E-state index contributed by atoms with van der Waals surface area (Å²) in [7, 11) is 3.49. The number of aliphatic carboxylic acids is 1. The molecule has 1 aliphatic rings. The number of fused-ring (bicyclic) bond motifs is 3. The van der Waals surface area contributed by atoms with Crippen LogP contribution >= 0.6 is 0 Å². The molecule has 0 heterocycles. The van der Waals surface area contributed by atoms with Crippen LogP contribution in [0.25, 0.3) is 11.1 Å². The van der Waals surface area contributed by atoms with E-state index in [2.05, 4.69) is 34.9 Å². The van der Waals surface area contributed by atoms with E-state index in [1.807, 2.05) is 38.1 Å². The van der Waals surface area contributed by atoms with Crippen LogP contribution in [0.4, 0.5) is 4.79 Å². The van der Waals surface area contributed by atoms with E-state index in [0.717, 1.165) is 22.3 Å². The number of carbonyl (C=O) groups is 3. The molecule has 2 aromatic carbocycles. The zero-order valence-corrected chi connectivity index (χ0v) is 20.8. The van der Waals surface area contributed by atoms with E-state index in [-0.39, 0.29) is 25.6 Å². The van der Waals surface area contributed by atoms with Gasteiger partial charge in [-0.15, -0.1) is 0 Å². The molecular formula is C27H35N3O5. The zero-order valence-electron chi connectivity index (χ0n) is 20.8. The van der Waals surface area contributed by atoms with E-state index in [9.17, 15) is 19.5 Å². The first-order valence-corrected chi connectivity index (χ1v) is 12.0. The molecule has 8 heteroatoms. The molecule has 35 heavy (non-hydrogen) atoms. The Kier molecular flexibility index (Phi) is 8.51. The summed E-state index contributed by atoms with van der Waals surface area (Å²) < 4.78 is 5.59. The number of benzene rings is 2. The molecule has 0 aliphatic heterocycles. The summed E-state index contributed by atoms with van der Waals surface area (Å²) in [6, 6.07) is 15.2.